The molecule has 0 radical (unpaired) electrons. The molecule has 0 amide bonds. The van der Waals surface area contributed by atoms with E-state index in [9.17, 15) is 26.7 Å². The molecule has 3 nitrogen and oxygen atoms in total. The molecule has 0 aliphatic carbocycles. The number of halogens is 5. The van der Waals surface area contributed by atoms with Gasteiger partial charge in [-0.15, -0.1) is 0 Å². The molecule has 1 saturated heterocycles. The van der Waals surface area contributed by atoms with Gasteiger partial charge < -0.3 is 5.11 Å². The Kier molecular flexibility index (Phi) is 1.43. The van der Waals surface area contributed by atoms with Crippen LogP contribution in [0.2, 0.25) is 0 Å². The summed E-state index contributed by atoms with van der Waals surface area (Å²) in [5.74, 6) is -2.74. The van der Waals surface area contributed by atoms with E-state index in [1.807, 2.05) is 0 Å². The SMILES string of the molecule is O=C(O)C1(C(F)(F)F)OC1(F)F. The number of ether oxygens (including phenoxy) is 1. The van der Waals surface area contributed by atoms with Crippen LogP contribution in [0.5, 0.6) is 0 Å². The molecule has 0 aromatic heterocycles. The summed E-state index contributed by atoms with van der Waals surface area (Å²) in [6.07, 6.45) is -10.3. The van der Waals surface area contributed by atoms with Gasteiger partial charge in [0, 0.05) is 0 Å². The topological polar surface area (TPSA) is 49.8 Å². The van der Waals surface area contributed by atoms with Crippen LogP contribution < -0.4 is 0 Å². The van der Waals surface area contributed by atoms with E-state index in [0.29, 0.717) is 0 Å². The third-order valence-electron chi connectivity index (χ3n) is 1.35. The van der Waals surface area contributed by atoms with Gasteiger partial charge in [-0.1, -0.05) is 0 Å². The lowest BCUT2D eigenvalue weighted by molar-refractivity contribution is -0.204. The Labute approximate surface area is 61.7 Å². The quantitative estimate of drug-likeness (QED) is 0.497. The lowest BCUT2D eigenvalue weighted by Gasteiger charge is -2.09. The molecule has 0 saturated carbocycles. The number of alkyl halides is 5. The highest BCUT2D eigenvalue weighted by atomic mass is 19.4. The summed E-state index contributed by atoms with van der Waals surface area (Å²) < 4.78 is 61.6. The molecule has 0 aromatic carbocycles. The van der Waals surface area contributed by atoms with E-state index in [-0.39, 0.29) is 0 Å². The number of carboxylic acid groups (broad SMARTS) is 1. The first-order chi connectivity index (χ1) is 5.15. The van der Waals surface area contributed by atoms with E-state index in [1.165, 1.54) is 0 Å². The second-order valence-corrected chi connectivity index (χ2v) is 2.10. The van der Waals surface area contributed by atoms with Crippen LogP contribution in [0.1, 0.15) is 0 Å². The van der Waals surface area contributed by atoms with Crippen molar-refractivity contribution in [3.8, 4) is 0 Å². The van der Waals surface area contributed by atoms with Crippen molar-refractivity contribution in [1.82, 2.24) is 0 Å². The molecule has 1 rings (SSSR count). The van der Waals surface area contributed by atoms with Crippen molar-refractivity contribution in [3.63, 3.8) is 0 Å². The van der Waals surface area contributed by atoms with E-state index in [0.717, 1.165) is 0 Å². The molecule has 1 N–H and O–H groups in total. The molecule has 0 aromatic rings. The van der Waals surface area contributed by atoms with Crippen molar-refractivity contribution < 1.29 is 36.6 Å². The van der Waals surface area contributed by atoms with E-state index in [1.54, 1.807) is 0 Å². The molecular weight excluding hydrogens is 191 g/mol. The summed E-state index contributed by atoms with van der Waals surface area (Å²) >= 11 is 0. The summed E-state index contributed by atoms with van der Waals surface area (Å²) in [7, 11) is 0. The monoisotopic (exact) mass is 192 g/mol. The first-order valence-electron chi connectivity index (χ1n) is 2.53. The predicted molar refractivity (Wildman–Crippen MR) is 22.5 cm³/mol. The Morgan fingerprint density at radius 2 is 1.67 bits per heavy atom. The van der Waals surface area contributed by atoms with Gasteiger partial charge in [-0.2, -0.15) is 22.0 Å². The first kappa shape index (κ1) is 9.17. The van der Waals surface area contributed by atoms with Crippen molar-refractivity contribution >= 4 is 5.97 Å². The van der Waals surface area contributed by atoms with E-state index >= 15 is 0 Å². The average Bonchev–Trinajstić information content (AvgIpc) is 2.33. The minimum Gasteiger partial charge on any atom is -0.479 e. The maximum Gasteiger partial charge on any atom is 0.437 e. The van der Waals surface area contributed by atoms with Crippen LogP contribution in [0.3, 0.4) is 0 Å². The van der Waals surface area contributed by atoms with E-state index in [2.05, 4.69) is 4.74 Å². The van der Waals surface area contributed by atoms with Crippen LogP contribution in [0, 0.1) is 0 Å². The van der Waals surface area contributed by atoms with Gasteiger partial charge in [0.25, 0.3) is 0 Å². The standard InChI is InChI=1S/C4HF5O3/c5-3(6,7)2(1(10)11)4(8,9)12-2/h(H,10,11). The van der Waals surface area contributed by atoms with Crippen molar-refractivity contribution in [1.29, 1.82) is 0 Å². The molecule has 1 unspecified atom stereocenters. The molecule has 1 aliphatic rings. The molecule has 70 valence electrons. The van der Waals surface area contributed by atoms with Gasteiger partial charge in [-0.3, -0.25) is 4.74 Å². The first-order valence-corrected chi connectivity index (χ1v) is 2.53. The van der Waals surface area contributed by atoms with Gasteiger partial charge >= 0.3 is 23.9 Å². The third-order valence-corrected chi connectivity index (χ3v) is 1.35. The van der Waals surface area contributed by atoms with Gasteiger partial charge in [0.1, 0.15) is 0 Å². The zero-order chi connectivity index (χ0) is 9.78. The highest BCUT2D eigenvalue weighted by Crippen LogP contribution is 2.59. The van der Waals surface area contributed by atoms with Crippen LogP contribution in [0.15, 0.2) is 0 Å². The van der Waals surface area contributed by atoms with Crippen molar-refractivity contribution in [2.75, 3.05) is 0 Å². The highest BCUT2D eigenvalue weighted by Gasteiger charge is 2.92. The second-order valence-electron chi connectivity index (χ2n) is 2.10. The van der Waals surface area contributed by atoms with Gasteiger partial charge in [-0.05, 0) is 0 Å². The fraction of sp³-hybridized carbons (Fsp3) is 0.750. The van der Waals surface area contributed by atoms with E-state index in [4.69, 9.17) is 5.11 Å². The molecular formula is C4HF5O3. The Hall–Kier alpha value is -0.920. The van der Waals surface area contributed by atoms with Crippen LogP contribution >= 0.6 is 0 Å². The zero-order valence-electron chi connectivity index (χ0n) is 5.15. The summed E-state index contributed by atoms with van der Waals surface area (Å²) in [6.45, 7) is 0. The minimum atomic E-state index is -5.61. The number of rotatable bonds is 1. The normalized spacial score (nSPS) is 33.1. The maximum atomic E-state index is 11.9. The number of carbonyl (C=O) groups is 1. The minimum absolute atomic E-state index is 2.74. The number of carboxylic acids is 1. The average molecular weight is 192 g/mol. The van der Waals surface area contributed by atoms with Gasteiger partial charge in [0.2, 0.25) is 0 Å². The van der Waals surface area contributed by atoms with Crippen LogP contribution in [-0.4, -0.2) is 29.0 Å². The summed E-state index contributed by atoms with van der Waals surface area (Å²) in [4.78, 5) is 9.82. The molecule has 1 heterocycles. The Morgan fingerprint density at radius 1 is 1.33 bits per heavy atom. The summed E-state index contributed by atoms with van der Waals surface area (Å²) in [6, 6.07) is 0. The highest BCUT2D eigenvalue weighted by molar-refractivity contribution is 5.83. The van der Waals surface area contributed by atoms with Crippen LogP contribution in [0.25, 0.3) is 0 Å². The summed E-state index contributed by atoms with van der Waals surface area (Å²) in [5.41, 5.74) is -4.33. The largest absolute Gasteiger partial charge is 0.479 e. The Balaban J connectivity index is 3.03. The lowest BCUT2D eigenvalue weighted by atomic mass is 10.1. The van der Waals surface area contributed by atoms with Gasteiger partial charge in [0.15, 0.2) is 0 Å². The smallest absolute Gasteiger partial charge is 0.437 e. The third kappa shape index (κ3) is 0.808. The van der Waals surface area contributed by atoms with E-state index < -0.39 is 23.9 Å². The fourth-order valence-corrected chi connectivity index (χ4v) is 0.679. The number of hydrogen-bond donors (Lipinski definition) is 1. The Bertz CT molecular complexity index is 233. The van der Waals surface area contributed by atoms with Crippen molar-refractivity contribution in [2.45, 2.75) is 17.9 Å². The number of aliphatic carboxylic acids is 1. The number of epoxide rings is 1. The lowest BCUT2D eigenvalue weighted by Crippen LogP contribution is -2.44. The zero-order valence-corrected chi connectivity index (χ0v) is 5.15. The van der Waals surface area contributed by atoms with Crippen molar-refractivity contribution in [2.24, 2.45) is 0 Å². The van der Waals surface area contributed by atoms with Crippen LogP contribution in [0.4, 0.5) is 22.0 Å². The summed E-state index contributed by atoms with van der Waals surface area (Å²) in [5, 5.41) is 7.85. The van der Waals surface area contributed by atoms with Crippen LogP contribution in [-0.2, 0) is 9.53 Å². The molecule has 12 heavy (non-hydrogen) atoms. The fourth-order valence-electron chi connectivity index (χ4n) is 0.679. The van der Waals surface area contributed by atoms with Gasteiger partial charge in [-0.25, -0.2) is 4.79 Å². The second kappa shape index (κ2) is 1.87. The molecule has 1 atom stereocenters. The van der Waals surface area contributed by atoms with Gasteiger partial charge in [0.05, 0.1) is 0 Å². The molecule has 1 fully saturated rings. The van der Waals surface area contributed by atoms with Crippen molar-refractivity contribution in [3.05, 3.63) is 0 Å². The Morgan fingerprint density at radius 3 is 1.67 bits per heavy atom. The molecule has 0 bridgehead atoms. The number of hydrogen-bond acceptors (Lipinski definition) is 2. The molecule has 1 aliphatic heterocycles. The predicted octanol–water partition coefficient (Wildman–Crippen LogP) is 0.995. The molecule has 0 spiro atoms. The molecule has 8 heteroatoms. The maximum absolute atomic E-state index is 11.9.